The summed E-state index contributed by atoms with van der Waals surface area (Å²) in [6.07, 6.45) is 5.98. The minimum atomic E-state index is -0.279. The van der Waals surface area contributed by atoms with Crippen LogP contribution in [0.1, 0.15) is 37.1 Å². The molecule has 1 aromatic heterocycles. The van der Waals surface area contributed by atoms with Gasteiger partial charge in [-0.1, -0.05) is 80.6 Å². The van der Waals surface area contributed by atoms with Crippen LogP contribution in [0.4, 0.5) is 4.39 Å². The molecule has 0 bridgehead atoms. The minimum absolute atomic E-state index is 0.279. The van der Waals surface area contributed by atoms with Gasteiger partial charge >= 0.3 is 0 Å². The number of hydrogen-bond acceptors (Lipinski definition) is 3. The second-order valence-electron chi connectivity index (χ2n) is 8.98. The van der Waals surface area contributed by atoms with Gasteiger partial charge in [0.1, 0.15) is 5.82 Å². The molecule has 0 atom stereocenters. The molecular weight excluding hydrogens is 487 g/mol. The molecule has 5 heteroatoms. The summed E-state index contributed by atoms with van der Waals surface area (Å²) in [6.45, 7) is 13.2. The van der Waals surface area contributed by atoms with E-state index in [2.05, 4.69) is 72.7 Å². The molecule has 0 spiro atoms. The van der Waals surface area contributed by atoms with E-state index in [1.54, 1.807) is 23.5 Å². The van der Waals surface area contributed by atoms with E-state index >= 15 is 0 Å². The number of rotatable bonds is 12. The summed E-state index contributed by atoms with van der Waals surface area (Å²) in [5.41, 5.74) is 2.22. The molecule has 4 rings (SSSR count). The first kappa shape index (κ1) is 26.4. The lowest BCUT2D eigenvalue weighted by atomic mass is 10.1. The maximum atomic E-state index is 14.7. The van der Waals surface area contributed by atoms with Crippen LogP contribution in [-0.4, -0.2) is 36.0 Å². The monoisotopic (exact) mass is 520 g/mol. The second-order valence-corrected chi connectivity index (χ2v) is 10.4. The zero-order chi connectivity index (χ0) is 25.5. The zero-order valence-corrected chi connectivity index (χ0v) is 22.7. The van der Waals surface area contributed by atoms with Crippen molar-refractivity contribution in [2.75, 3.05) is 26.2 Å². The van der Waals surface area contributed by atoms with Crippen LogP contribution < -0.4 is 0 Å². The van der Waals surface area contributed by atoms with E-state index in [-0.39, 0.29) is 5.82 Å². The van der Waals surface area contributed by atoms with Gasteiger partial charge in [0.2, 0.25) is 0 Å². The summed E-state index contributed by atoms with van der Waals surface area (Å²) in [5.74, 6) is -0.279. The molecule has 188 valence electrons. The average molecular weight is 521 g/mol. The Morgan fingerprint density at radius 1 is 0.972 bits per heavy atom. The second kappa shape index (κ2) is 12.5. The van der Waals surface area contributed by atoms with Crippen molar-refractivity contribution in [2.24, 2.45) is 0 Å². The molecule has 36 heavy (non-hydrogen) atoms. The van der Waals surface area contributed by atoms with Crippen molar-refractivity contribution >= 4 is 49.5 Å². The smallest absolute Gasteiger partial charge is 0.133 e. The molecule has 0 aliphatic carbocycles. The van der Waals surface area contributed by atoms with Crippen molar-refractivity contribution in [1.82, 2.24) is 9.80 Å². The Hall–Kier alpha value is -2.66. The van der Waals surface area contributed by atoms with Crippen LogP contribution in [0.5, 0.6) is 0 Å². The van der Waals surface area contributed by atoms with Gasteiger partial charge in [-0.2, -0.15) is 0 Å². The maximum Gasteiger partial charge on any atom is 0.133 e. The Kier molecular flexibility index (Phi) is 9.19. The molecule has 0 unspecified atom stereocenters. The van der Waals surface area contributed by atoms with Gasteiger partial charge in [0.05, 0.1) is 15.6 Å². The third-order valence-corrected chi connectivity index (χ3v) is 8.36. The third-order valence-electron chi connectivity index (χ3n) is 6.69. The molecule has 2 nitrogen and oxygen atoms in total. The van der Waals surface area contributed by atoms with Crippen LogP contribution in [0.2, 0.25) is 5.02 Å². The average Bonchev–Trinajstić information content (AvgIpc) is 3.23. The fraction of sp³-hybridized carbons (Fsp3) is 0.290. The highest BCUT2D eigenvalue weighted by molar-refractivity contribution is 7.20. The van der Waals surface area contributed by atoms with Crippen LogP contribution in [0.25, 0.3) is 26.6 Å². The Morgan fingerprint density at radius 2 is 1.72 bits per heavy atom. The van der Waals surface area contributed by atoms with Gasteiger partial charge < -0.3 is 9.80 Å². The molecule has 0 radical (unpaired) electrons. The fourth-order valence-electron chi connectivity index (χ4n) is 4.69. The Morgan fingerprint density at radius 3 is 2.44 bits per heavy atom. The summed E-state index contributed by atoms with van der Waals surface area (Å²) in [7, 11) is 0. The number of allylic oxidation sites excluding steroid dienone is 2. The van der Waals surface area contributed by atoms with Crippen LogP contribution >= 0.6 is 22.9 Å². The Bertz CT molecular complexity index is 1360. The van der Waals surface area contributed by atoms with E-state index in [1.165, 1.54) is 22.4 Å². The summed E-state index contributed by atoms with van der Waals surface area (Å²) in [5, 5.41) is 3.44. The fourth-order valence-corrected chi connectivity index (χ4v) is 6.31. The number of hydrogen-bond donors (Lipinski definition) is 0. The van der Waals surface area contributed by atoms with Crippen molar-refractivity contribution in [3.8, 4) is 0 Å². The number of nitrogens with zero attached hydrogens (tertiary/aromatic N) is 2. The van der Waals surface area contributed by atoms with E-state index in [0.717, 1.165) is 60.8 Å². The van der Waals surface area contributed by atoms with Gasteiger partial charge in [-0.05, 0) is 73.1 Å². The highest BCUT2D eigenvalue weighted by atomic mass is 35.5. The van der Waals surface area contributed by atoms with Gasteiger partial charge in [-0.3, -0.25) is 0 Å². The van der Waals surface area contributed by atoms with Crippen molar-refractivity contribution in [2.45, 2.75) is 33.2 Å². The number of halogens is 2. The van der Waals surface area contributed by atoms with E-state index < -0.39 is 0 Å². The quantitative estimate of drug-likeness (QED) is 0.136. The predicted molar refractivity (Wildman–Crippen MR) is 156 cm³/mol. The normalized spacial score (nSPS) is 12.1. The maximum absolute atomic E-state index is 14.7. The van der Waals surface area contributed by atoms with Crippen LogP contribution in [-0.2, 0) is 6.54 Å². The van der Waals surface area contributed by atoms with Crippen LogP contribution in [0.15, 0.2) is 79.4 Å². The van der Waals surface area contributed by atoms with Gasteiger partial charge in [0.25, 0.3) is 0 Å². The third kappa shape index (κ3) is 6.00. The molecule has 0 aliphatic rings. The first-order valence-electron chi connectivity index (χ1n) is 12.7. The molecule has 4 aromatic rings. The van der Waals surface area contributed by atoms with Crippen molar-refractivity contribution in [3.63, 3.8) is 0 Å². The van der Waals surface area contributed by atoms with E-state index in [1.807, 2.05) is 12.1 Å². The summed E-state index contributed by atoms with van der Waals surface area (Å²) >= 11 is 8.36. The van der Waals surface area contributed by atoms with E-state index in [9.17, 15) is 4.39 Å². The summed E-state index contributed by atoms with van der Waals surface area (Å²) in [4.78, 5) is 5.73. The van der Waals surface area contributed by atoms with Crippen molar-refractivity contribution in [1.29, 1.82) is 0 Å². The molecule has 0 amide bonds. The molecule has 0 fully saturated rings. The summed E-state index contributed by atoms with van der Waals surface area (Å²) < 4.78 is 15.5. The SMILES string of the molecule is C=C/C=C(/c1sc2cccc(F)c2c1Cl)N(CCCCN(CC)CC)Cc1ccc2ccccc2c1. The lowest BCUT2D eigenvalue weighted by Crippen LogP contribution is -2.26. The molecule has 1 heterocycles. The highest BCUT2D eigenvalue weighted by Gasteiger charge is 2.21. The lowest BCUT2D eigenvalue weighted by molar-refractivity contribution is 0.286. The van der Waals surface area contributed by atoms with Gasteiger partial charge in [-0.25, -0.2) is 4.39 Å². The molecule has 0 saturated carbocycles. The number of benzene rings is 3. The van der Waals surface area contributed by atoms with E-state index in [0.29, 0.717) is 10.4 Å². The Labute approximate surface area is 223 Å². The first-order valence-corrected chi connectivity index (χ1v) is 13.9. The minimum Gasteiger partial charge on any atom is -0.366 e. The molecule has 3 aromatic carbocycles. The van der Waals surface area contributed by atoms with Crippen LogP contribution in [0, 0.1) is 5.82 Å². The topological polar surface area (TPSA) is 6.48 Å². The van der Waals surface area contributed by atoms with Crippen molar-refractivity contribution < 1.29 is 4.39 Å². The zero-order valence-electron chi connectivity index (χ0n) is 21.1. The number of thiophene rings is 1. The molecule has 0 aliphatic heterocycles. The highest BCUT2D eigenvalue weighted by Crippen LogP contribution is 2.42. The molecule has 0 saturated heterocycles. The standard InChI is InChI=1S/C31H34ClFN2S/c1-4-12-27(31-30(32)29-26(33)15-11-16-28(29)36-31)35(20-10-9-19-34(5-2)6-3)22-23-17-18-24-13-7-8-14-25(24)21-23/h4,7-8,11-18,21H,1,5-6,9-10,19-20,22H2,2-3H3/b27-12-. The number of fused-ring (bicyclic) bond motifs is 2. The van der Waals surface area contributed by atoms with Crippen LogP contribution in [0.3, 0.4) is 0 Å². The van der Waals surface area contributed by atoms with Gasteiger partial charge in [0, 0.05) is 23.2 Å². The predicted octanol–water partition coefficient (Wildman–Crippen LogP) is 9.00. The van der Waals surface area contributed by atoms with Crippen molar-refractivity contribution in [3.05, 3.63) is 101 Å². The van der Waals surface area contributed by atoms with Gasteiger partial charge in [-0.15, -0.1) is 11.3 Å². The first-order chi connectivity index (χ1) is 17.5. The molecule has 0 N–H and O–H groups in total. The lowest BCUT2D eigenvalue weighted by Gasteiger charge is -2.28. The largest absolute Gasteiger partial charge is 0.366 e. The Balaban J connectivity index is 1.67. The summed E-state index contributed by atoms with van der Waals surface area (Å²) in [6, 6.07) is 20.2. The van der Waals surface area contributed by atoms with E-state index in [4.69, 9.17) is 11.6 Å². The number of unbranched alkanes of at least 4 members (excludes halogenated alkanes) is 1. The molecular formula is C31H34ClFN2S. The van der Waals surface area contributed by atoms with Gasteiger partial charge in [0.15, 0.2) is 0 Å².